The molecule has 0 saturated heterocycles. The molecule has 1 aliphatic carbocycles. The summed E-state index contributed by atoms with van der Waals surface area (Å²) < 4.78 is 0. The van der Waals surface area contributed by atoms with Gasteiger partial charge in [0.25, 0.3) is 5.69 Å². The van der Waals surface area contributed by atoms with E-state index in [9.17, 15) is 20.5 Å². The molecule has 0 aliphatic heterocycles. The number of fused-ring (bicyclic) bond motifs is 1. The van der Waals surface area contributed by atoms with Gasteiger partial charge >= 0.3 is 0 Å². The Hall–Kier alpha value is -2.91. The molecule has 0 unspecified atom stereocenters. The minimum atomic E-state index is -0.598. The molecule has 2 atom stereocenters. The lowest BCUT2D eigenvalue weighted by molar-refractivity contribution is -0.384. The van der Waals surface area contributed by atoms with Crippen LogP contribution in [0.3, 0.4) is 0 Å². The second-order valence-corrected chi connectivity index (χ2v) is 5.19. The highest BCUT2D eigenvalue weighted by Crippen LogP contribution is 2.35. The van der Waals surface area contributed by atoms with Crippen molar-refractivity contribution >= 4 is 11.4 Å². The monoisotopic (exact) mass is 295 g/mol. The van der Waals surface area contributed by atoms with E-state index in [1.807, 2.05) is 30.3 Å². The topological polar surface area (TPSA) is 99.2 Å². The summed E-state index contributed by atoms with van der Waals surface area (Å²) >= 11 is 0. The van der Waals surface area contributed by atoms with Crippen LogP contribution in [0.4, 0.5) is 11.4 Å². The van der Waals surface area contributed by atoms with E-state index >= 15 is 0 Å². The fourth-order valence-corrected chi connectivity index (χ4v) is 2.78. The first-order valence-corrected chi connectivity index (χ1v) is 6.81. The summed E-state index contributed by atoms with van der Waals surface area (Å²) in [4.78, 5) is 10.2. The van der Waals surface area contributed by atoms with Crippen molar-refractivity contribution in [3.8, 4) is 6.07 Å². The van der Waals surface area contributed by atoms with Gasteiger partial charge in [-0.25, -0.2) is 0 Å². The number of aliphatic hydroxyl groups is 1. The van der Waals surface area contributed by atoms with E-state index in [2.05, 4.69) is 5.32 Å². The number of nitrogens with zero attached hydrogens (tertiary/aromatic N) is 2. The van der Waals surface area contributed by atoms with Crippen molar-refractivity contribution in [1.29, 1.82) is 5.26 Å². The van der Waals surface area contributed by atoms with Crippen molar-refractivity contribution in [2.24, 2.45) is 0 Å². The van der Waals surface area contributed by atoms with Crippen LogP contribution in [-0.2, 0) is 6.42 Å². The maximum Gasteiger partial charge on any atom is 0.270 e. The summed E-state index contributed by atoms with van der Waals surface area (Å²) in [5.41, 5.74) is 2.58. The molecule has 0 amide bonds. The van der Waals surface area contributed by atoms with Gasteiger partial charge in [-0.2, -0.15) is 5.26 Å². The average Bonchev–Trinajstić information content (AvgIpc) is 2.83. The summed E-state index contributed by atoms with van der Waals surface area (Å²) in [6, 6.07) is 13.4. The van der Waals surface area contributed by atoms with Gasteiger partial charge in [0, 0.05) is 18.6 Å². The number of rotatable bonds is 3. The van der Waals surface area contributed by atoms with Crippen LogP contribution < -0.4 is 5.32 Å². The maximum atomic E-state index is 10.8. The van der Waals surface area contributed by atoms with Crippen LogP contribution >= 0.6 is 0 Å². The number of hydrogen-bond donors (Lipinski definition) is 2. The molecule has 1 aliphatic rings. The summed E-state index contributed by atoms with van der Waals surface area (Å²) in [6.45, 7) is 0. The summed E-state index contributed by atoms with van der Waals surface area (Å²) in [6.07, 6.45) is -0.0537. The van der Waals surface area contributed by atoms with Gasteiger partial charge in [-0.05, 0) is 17.2 Å². The van der Waals surface area contributed by atoms with Gasteiger partial charge in [-0.3, -0.25) is 10.1 Å². The number of anilines is 1. The Morgan fingerprint density at radius 3 is 2.82 bits per heavy atom. The van der Waals surface area contributed by atoms with Crippen LogP contribution in [-0.4, -0.2) is 16.1 Å². The highest BCUT2D eigenvalue weighted by molar-refractivity contribution is 5.63. The van der Waals surface area contributed by atoms with Crippen LogP contribution in [0.1, 0.15) is 22.7 Å². The quantitative estimate of drug-likeness (QED) is 0.669. The standard InChI is InChI=1S/C16H13N3O3/c17-9-11-7-12(19(21)22)5-6-14(11)18-16-13-4-2-1-3-10(13)8-15(16)20/h1-7,15-16,18,20H,8H2/t15-,16+/m1/s1. The number of benzene rings is 2. The minimum Gasteiger partial charge on any atom is -0.390 e. The van der Waals surface area contributed by atoms with E-state index in [1.54, 1.807) is 0 Å². The molecule has 0 bridgehead atoms. The Balaban J connectivity index is 1.94. The van der Waals surface area contributed by atoms with E-state index in [0.29, 0.717) is 12.1 Å². The third kappa shape index (κ3) is 2.38. The summed E-state index contributed by atoms with van der Waals surface area (Å²) in [5.74, 6) is 0. The third-order valence-electron chi connectivity index (χ3n) is 3.85. The van der Waals surface area contributed by atoms with Crippen LogP contribution in [0.2, 0.25) is 0 Å². The predicted octanol–water partition coefficient (Wildman–Crippen LogP) is 2.54. The van der Waals surface area contributed by atoms with Crippen molar-refractivity contribution in [2.75, 3.05) is 5.32 Å². The molecule has 6 nitrogen and oxygen atoms in total. The molecule has 2 N–H and O–H groups in total. The zero-order chi connectivity index (χ0) is 15.7. The van der Waals surface area contributed by atoms with Gasteiger partial charge in [0.2, 0.25) is 0 Å². The number of hydrogen-bond acceptors (Lipinski definition) is 5. The number of aliphatic hydroxyl groups excluding tert-OH is 1. The van der Waals surface area contributed by atoms with Gasteiger partial charge in [-0.1, -0.05) is 24.3 Å². The SMILES string of the molecule is N#Cc1cc([N+](=O)[O-])ccc1N[C@H]1c2ccccc2C[C@H]1O. The van der Waals surface area contributed by atoms with Crippen LogP contribution in [0.15, 0.2) is 42.5 Å². The van der Waals surface area contributed by atoms with Crippen molar-refractivity contribution in [3.63, 3.8) is 0 Å². The van der Waals surface area contributed by atoms with Crippen molar-refractivity contribution in [3.05, 3.63) is 69.3 Å². The number of nitro benzene ring substituents is 1. The molecule has 6 heteroatoms. The summed E-state index contributed by atoms with van der Waals surface area (Å²) in [5, 5.41) is 33.3. The molecular formula is C16H13N3O3. The zero-order valence-electron chi connectivity index (χ0n) is 11.6. The second kappa shape index (κ2) is 5.47. The van der Waals surface area contributed by atoms with Gasteiger partial charge in [0.1, 0.15) is 6.07 Å². The lowest BCUT2D eigenvalue weighted by Gasteiger charge is -2.20. The smallest absolute Gasteiger partial charge is 0.270 e. The lowest BCUT2D eigenvalue weighted by atomic mass is 10.1. The highest BCUT2D eigenvalue weighted by atomic mass is 16.6. The van der Waals surface area contributed by atoms with Crippen LogP contribution in [0, 0.1) is 21.4 Å². The van der Waals surface area contributed by atoms with E-state index in [0.717, 1.165) is 11.1 Å². The lowest BCUT2D eigenvalue weighted by Crippen LogP contribution is -2.21. The predicted molar refractivity (Wildman–Crippen MR) is 80.3 cm³/mol. The molecule has 3 rings (SSSR count). The normalized spacial score (nSPS) is 19.3. The molecule has 0 radical (unpaired) electrons. The van der Waals surface area contributed by atoms with E-state index in [-0.39, 0.29) is 17.3 Å². The molecule has 0 heterocycles. The first kappa shape index (κ1) is 14.0. The zero-order valence-corrected chi connectivity index (χ0v) is 11.6. The van der Waals surface area contributed by atoms with E-state index < -0.39 is 11.0 Å². The Morgan fingerprint density at radius 2 is 2.09 bits per heavy atom. The van der Waals surface area contributed by atoms with Gasteiger partial charge in [-0.15, -0.1) is 0 Å². The highest BCUT2D eigenvalue weighted by Gasteiger charge is 2.31. The first-order chi connectivity index (χ1) is 10.6. The Labute approximate surface area is 126 Å². The van der Waals surface area contributed by atoms with Crippen molar-refractivity contribution < 1.29 is 10.0 Å². The second-order valence-electron chi connectivity index (χ2n) is 5.19. The molecule has 2 aromatic rings. The Kier molecular flexibility index (Phi) is 3.49. The van der Waals surface area contributed by atoms with Crippen LogP contribution in [0.5, 0.6) is 0 Å². The third-order valence-corrected chi connectivity index (χ3v) is 3.85. The molecule has 110 valence electrons. The molecule has 2 aromatic carbocycles. The minimum absolute atomic E-state index is 0.130. The number of nitro groups is 1. The molecule has 0 spiro atoms. The van der Waals surface area contributed by atoms with Crippen molar-refractivity contribution in [1.82, 2.24) is 0 Å². The number of nitrogens with one attached hydrogen (secondary N) is 1. The first-order valence-electron chi connectivity index (χ1n) is 6.81. The Morgan fingerprint density at radius 1 is 1.32 bits per heavy atom. The summed E-state index contributed by atoms with van der Waals surface area (Å²) in [7, 11) is 0. The van der Waals surface area contributed by atoms with Gasteiger partial charge in [0.05, 0.1) is 28.3 Å². The Bertz CT molecular complexity index is 782. The fourth-order valence-electron chi connectivity index (χ4n) is 2.78. The van der Waals surface area contributed by atoms with Gasteiger partial charge < -0.3 is 10.4 Å². The van der Waals surface area contributed by atoms with E-state index in [4.69, 9.17) is 0 Å². The maximum absolute atomic E-state index is 10.8. The number of nitriles is 1. The molecule has 0 fully saturated rings. The fraction of sp³-hybridized carbons (Fsp3) is 0.188. The van der Waals surface area contributed by atoms with E-state index in [1.165, 1.54) is 18.2 Å². The van der Waals surface area contributed by atoms with Gasteiger partial charge in [0.15, 0.2) is 0 Å². The molecular weight excluding hydrogens is 282 g/mol. The molecule has 22 heavy (non-hydrogen) atoms. The average molecular weight is 295 g/mol. The molecule has 0 saturated carbocycles. The number of non-ortho nitro benzene ring substituents is 1. The van der Waals surface area contributed by atoms with Crippen LogP contribution in [0.25, 0.3) is 0 Å². The largest absolute Gasteiger partial charge is 0.390 e. The molecule has 0 aromatic heterocycles. The van der Waals surface area contributed by atoms with Crippen molar-refractivity contribution in [2.45, 2.75) is 18.6 Å².